The lowest BCUT2D eigenvalue weighted by Gasteiger charge is -2.21. The molecule has 0 aromatic heterocycles. The van der Waals surface area contributed by atoms with Crippen LogP contribution in [0.25, 0.3) is 0 Å². The van der Waals surface area contributed by atoms with Crippen molar-refractivity contribution in [2.24, 2.45) is 28.7 Å². The average Bonchev–Trinajstić information content (AvgIpc) is 2.74. The summed E-state index contributed by atoms with van der Waals surface area (Å²) in [5.74, 6) is -5.09. The van der Waals surface area contributed by atoms with E-state index in [2.05, 4.69) is 9.47 Å². The highest BCUT2D eigenvalue weighted by atomic mass is 16.6. The number of ether oxygens (including phenoxy) is 3. The number of aliphatic hydroxyl groups is 2. The Balaban J connectivity index is 0. The largest absolute Gasteiger partial charge is 0.480 e. The molecule has 0 radical (unpaired) electrons. The molecule has 0 aliphatic carbocycles. The molecule has 0 amide bonds. The maximum Gasteiger partial charge on any atom is 0.334 e. The minimum absolute atomic E-state index is 0.464. The Labute approximate surface area is 195 Å². The van der Waals surface area contributed by atoms with Gasteiger partial charge in [-0.05, 0) is 27.7 Å². The van der Waals surface area contributed by atoms with Gasteiger partial charge in [0.2, 0.25) is 0 Å². The van der Waals surface area contributed by atoms with Crippen LogP contribution in [0.3, 0.4) is 0 Å². The van der Waals surface area contributed by atoms with E-state index in [1.165, 1.54) is 27.7 Å². The number of aliphatic carboxylic acids is 1. The molecule has 0 aromatic rings. The lowest BCUT2D eigenvalue weighted by molar-refractivity contribution is -0.165. The number of hydrogen-bond donors (Lipinski definition) is 8. The van der Waals surface area contributed by atoms with Crippen LogP contribution in [0.4, 0.5) is 0 Å². The van der Waals surface area contributed by atoms with E-state index in [0.717, 1.165) is 0 Å². The van der Waals surface area contributed by atoms with E-state index in [0.29, 0.717) is 0 Å². The van der Waals surface area contributed by atoms with Crippen molar-refractivity contribution in [3.8, 4) is 0 Å². The van der Waals surface area contributed by atoms with E-state index in [1.54, 1.807) is 0 Å². The third-order valence-electron chi connectivity index (χ3n) is 3.96. The van der Waals surface area contributed by atoms with Crippen LogP contribution in [0.1, 0.15) is 27.7 Å². The Kier molecular flexibility index (Phi) is 15.7. The first-order valence-corrected chi connectivity index (χ1v) is 9.93. The van der Waals surface area contributed by atoms with Gasteiger partial charge in [0.15, 0.2) is 0 Å². The lowest BCUT2D eigenvalue weighted by Crippen LogP contribution is -2.49. The Bertz CT molecular complexity index is 702. The van der Waals surface area contributed by atoms with Crippen molar-refractivity contribution in [3.63, 3.8) is 0 Å². The van der Waals surface area contributed by atoms with Crippen molar-refractivity contribution in [2.45, 2.75) is 76.2 Å². The second kappa shape index (κ2) is 16.0. The minimum atomic E-state index is -1.37. The molecule has 0 bridgehead atoms. The Morgan fingerprint density at radius 3 is 1.53 bits per heavy atom. The molecule has 198 valence electrons. The van der Waals surface area contributed by atoms with E-state index < -0.39 is 85.0 Å². The molecule has 0 rings (SSSR count). The summed E-state index contributed by atoms with van der Waals surface area (Å²) in [6.45, 7) is 4.84. The van der Waals surface area contributed by atoms with Crippen molar-refractivity contribution in [3.05, 3.63) is 0 Å². The molecule has 0 saturated carbocycles. The van der Waals surface area contributed by atoms with E-state index in [9.17, 15) is 24.0 Å². The second-order valence-electron chi connectivity index (χ2n) is 7.30. The number of carboxylic acid groups (broad SMARTS) is 1. The molecule has 13 N–H and O–H groups in total. The monoisotopic (exact) mass is 497 g/mol. The van der Waals surface area contributed by atoms with Crippen molar-refractivity contribution < 1.29 is 53.5 Å². The van der Waals surface area contributed by atoms with Crippen molar-refractivity contribution >= 4 is 29.8 Å². The third-order valence-corrected chi connectivity index (χ3v) is 3.96. The maximum atomic E-state index is 11.5. The van der Waals surface area contributed by atoms with Gasteiger partial charge in [-0.15, -0.1) is 0 Å². The molecule has 16 heteroatoms. The number of carbonyl (C=O) groups is 5. The number of nitrogens with two attached hydrogens (primary N) is 5. The van der Waals surface area contributed by atoms with Crippen molar-refractivity contribution in [1.29, 1.82) is 0 Å². The highest BCUT2D eigenvalue weighted by Crippen LogP contribution is 2.03. The van der Waals surface area contributed by atoms with Crippen LogP contribution in [0.15, 0.2) is 0 Å². The Morgan fingerprint density at radius 2 is 1.15 bits per heavy atom. The first-order valence-electron chi connectivity index (χ1n) is 9.93. The van der Waals surface area contributed by atoms with E-state index in [4.69, 9.17) is 48.7 Å². The molecule has 0 unspecified atom stereocenters. The zero-order valence-corrected chi connectivity index (χ0v) is 19.3. The van der Waals surface area contributed by atoms with E-state index in [-0.39, 0.29) is 0 Å². The number of carbonyl (C=O) groups excluding carboxylic acids is 4. The molecule has 0 fully saturated rings. The number of esters is 4. The summed E-state index contributed by atoms with van der Waals surface area (Å²) in [7, 11) is 0. The van der Waals surface area contributed by atoms with E-state index in [1.807, 2.05) is 0 Å². The zero-order chi connectivity index (χ0) is 27.3. The number of rotatable bonds is 11. The number of aliphatic hydroxyl groups excluding tert-OH is 2. The summed E-state index contributed by atoms with van der Waals surface area (Å²) in [6.07, 6.45) is -3.25. The van der Waals surface area contributed by atoms with Gasteiger partial charge in [-0.3, -0.25) is 14.4 Å². The fourth-order valence-electron chi connectivity index (χ4n) is 1.52. The van der Waals surface area contributed by atoms with Crippen LogP contribution in [-0.2, 0) is 38.2 Å². The standard InChI is InChI=1S/C11H21N3O6.C7H14N2O5/c1-4(12)9(16)20-11(18)8(14)6(3)19-10(17)7(13)5(2)15;1-3(10)5(9)7(13)14-2-4(8)6(11)12/h4-8,15H,12-14H2,1-3H3;3-5,10H,2,8-9H2,1H3,(H,11,12)/t4-,5-,6-,7+,8+;3-,4+,5+/m11/s1. The molecule has 8 atom stereocenters. The van der Waals surface area contributed by atoms with Gasteiger partial charge in [-0.25, -0.2) is 9.59 Å². The highest BCUT2D eigenvalue weighted by molar-refractivity contribution is 5.91. The highest BCUT2D eigenvalue weighted by Gasteiger charge is 2.30. The van der Waals surface area contributed by atoms with E-state index >= 15 is 0 Å². The van der Waals surface area contributed by atoms with Crippen LogP contribution in [-0.4, -0.2) is 100 Å². The van der Waals surface area contributed by atoms with Crippen LogP contribution in [0, 0.1) is 0 Å². The summed E-state index contributed by atoms with van der Waals surface area (Å²) < 4.78 is 13.6. The fraction of sp³-hybridized carbons (Fsp3) is 0.722. The molecule has 0 heterocycles. The summed E-state index contributed by atoms with van der Waals surface area (Å²) in [4.78, 5) is 55.2. The van der Waals surface area contributed by atoms with Gasteiger partial charge in [-0.2, -0.15) is 0 Å². The Morgan fingerprint density at radius 1 is 0.706 bits per heavy atom. The molecule has 0 aliphatic rings. The molecule has 34 heavy (non-hydrogen) atoms. The van der Waals surface area contributed by atoms with Gasteiger partial charge < -0.3 is 58.2 Å². The first-order chi connectivity index (χ1) is 15.4. The Hall–Kier alpha value is -2.73. The lowest BCUT2D eigenvalue weighted by atomic mass is 10.1. The fourth-order valence-corrected chi connectivity index (χ4v) is 1.52. The molecule has 0 saturated heterocycles. The molecule has 0 aliphatic heterocycles. The quantitative estimate of drug-likeness (QED) is 0.0752. The van der Waals surface area contributed by atoms with Crippen molar-refractivity contribution in [1.82, 2.24) is 0 Å². The normalized spacial score (nSPS) is 17.7. The van der Waals surface area contributed by atoms with Gasteiger partial charge in [-0.1, -0.05) is 0 Å². The summed E-state index contributed by atoms with van der Waals surface area (Å²) in [5, 5.41) is 26.4. The van der Waals surface area contributed by atoms with Gasteiger partial charge >= 0.3 is 29.8 Å². The predicted octanol–water partition coefficient (Wildman–Crippen LogP) is -4.98. The van der Waals surface area contributed by atoms with Crippen LogP contribution >= 0.6 is 0 Å². The van der Waals surface area contributed by atoms with Gasteiger partial charge in [0.05, 0.1) is 12.2 Å². The van der Waals surface area contributed by atoms with Gasteiger partial charge in [0.25, 0.3) is 0 Å². The number of hydrogen-bond acceptors (Lipinski definition) is 15. The van der Waals surface area contributed by atoms with Gasteiger partial charge in [0, 0.05) is 0 Å². The third kappa shape index (κ3) is 13.1. The van der Waals surface area contributed by atoms with Crippen LogP contribution < -0.4 is 28.7 Å². The predicted molar refractivity (Wildman–Crippen MR) is 114 cm³/mol. The zero-order valence-electron chi connectivity index (χ0n) is 19.3. The molecular formula is C18H35N5O11. The van der Waals surface area contributed by atoms with Crippen LogP contribution in [0.5, 0.6) is 0 Å². The smallest absolute Gasteiger partial charge is 0.334 e. The minimum Gasteiger partial charge on any atom is -0.480 e. The summed E-state index contributed by atoms with van der Waals surface area (Å²) >= 11 is 0. The number of carboxylic acids is 1. The van der Waals surface area contributed by atoms with Crippen molar-refractivity contribution in [2.75, 3.05) is 6.61 Å². The molecule has 0 spiro atoms. The second-order valence-corrected chi connectivity index (χ2v) is 7.30. The first kappa shape index (κ1) is 33.4. The van der Waals surface area contributed by atoms with Gasteiger partial charge in [0.1, 0.15) is 42.9 Å². The molecule has 0 aromatic carbocycles. The maximum absolute atomic E-state index is 11.5. The SMILES string of the molecule is C[C@@H](N)C(=O)OC(=O)[C@@H](N)[C@@H](C)OC(=O)[C@@H](N)[C@@H](C)O.C[C@@H](O)[C@H](N)C(=O)OC[C@H](N)C(=O)O. The average molecular weight is 498 g/mol. The summed E-state index contributed by atoms with van der Waals surface area (Å²) in [6, 6.07) is -6.07. The van der Waals surface area contributed by atoms with Crippen LogP contribution in [0.2, 0.25) is 0 Å². The molecule has 16 nitrogen and oxygen atoms in total. The topological polar surface area (TPSA) is 304 Å². The molecular weight excluding hydrogens is 462 g/mol. The summed E-state index contributed by atoms with van der Waals surface area (Å²) in [5.41, 5.74) is 26.3.